The molecule has 17 heavy (non-hydrogen) atoms. The minimum atomic E-state index is 0.425. The van der Waals surface area contributed by atoms with Crippen molar-refractivity contribution in [3.05, 3.63) is 28.6 Å². The quantitative estimate of drug-likeness (QED) is 0.904. The summed E-state index contributed by atoms with van der Waals surface area (Å²) in [5.41, 5.74) is 1.20. The van der Waals surface area contributed by atoms with Gasteiger partial charge in [-0.15, -0.1) is 22.7 Å². The van der Waals surface area contributed by atoms with Crippen LogP contribution in [-0.2, 0) is 0 Å². The highest BCUT2D eigenvalue weighted by molar-refractivity contribution is 7.20. The number of piperazine rings is 1. The normalized spacial score (nSPS) is 21.8. The Kier molecular flexibility index (Phi) is 3.24. The molecule has 1 aliphatic heterocycles. The van der Waals surface area contributed by atoms with Gasteiger partial charge in [0.1, 0.15) is 5.01 Å². The van der Waals surface area contributed by atoms with Crippen molar-refractivity contribution in [2.75, 3.05) is 26.7 Å². The van der Waals surface area contributed by atoms with E-state index in [9.17, 15) is 0 Å². The maximum Gasteiger partial charge on any atom is 0.133 e. The van der Waals surface area contributed by atoms with Crippen LogP contribution in [0.3, 0.4) is 0 Å². The molecule has 0 aliphatic carbocycles. The number of nitrogens with zero attached hydrogens (tertiary/aromatic N) is 2. The van der Waals surface area contributed by atoms with Gasteiger partial charge in [0.05, 0.1) is 16.6 Å². The number of aromatic nitrogens is 1. The first kappa shape index (κ1) is 11.3. The van der Waals surface area contributed by atoms with Crippen LogP contribution in [-0.4, -0.2) is 36.6 Å². The summed E-state index contributed by atoms with van der Waals surface area (Å²) in [5, 5.41) is 8.88. The van der Waals surface area contributed by atoms with Crippen LogP contribution < -0.4 is 5.32 Å². The minimum Gasteiger partial charge on any atom is -0.313 e. The molecular weight excluding hydrogens is 250 g/mol. The Morgan fingerprint density at radius 2 is 2.41 bits per heavy atom. The van der Waals surface area contributed by atoms with Gasteiger partial charge in [-0.3, -0.25) is 4.90 Å². The highest BCUT2D eigenvalue weighted by Crippen LogP contribution is 2.31. The minimum absolute atomic E-state index is 0.425. The van der Waals surface area contributed by atoms with E-state index in [1.807, 2.05) is 0 Å². The van der Waals surface area contributed by atoms with Crippen molar-refractivity contribution in [2.45, 2.75) is 6.04 Å². The standard InChI is InChI=1S/C12H15N3S2/c1-15-5-4-13-7-10(15)9-8-17-12(14-9)11-3-2-6-16-11/h2-3,6,8,10,13H,4-5,7H2,1H3. The molecule has 1 saturated heterocycles. The first-order valence-electron chi connectivity index (χ1n) is 5.75. The summed E-state index contributed by atoms with van der Waals surface area (Å²) in [6.45, 7) is 3.18. The summed E-state index contributed by atoms with van der Waals surface area (Å²) >= 11 is 3.50. The number of nitrogens with one attached hydrogen (secondary N) is 1. The summed E-state index contributed by atoms with van der Waals surface area (Å²) in [4.78, 5) is 8.42. The molecule has 3 heterocycles. The second-order valence-electron chi connectivity index (χ2n) is 4.26. The van der Waals surface area contributed by atoms with Crippen LogP contribution in [0.1, 0.15) is 11.7 Å². The largest absolute Gasteiger partial charge is 0.313 e. The lowest BCUT2D eigenvalue weighted by Gasteiger charge is -2.31. The molecule has 1 N–H and O–H groups in total. The molecule has 90 valence electrons. The zero-order valence-corrected chi connectivity index (χ0v) is 11.4. The lowest BCUT2D eigenvalue weighted by molar-refractivity contribution is 0.199. The zero-order valence-electron chi connectivity index (χ0n) is 9.72. The van der Waals surface area contributed by atoms with Crippen molar-refractivity contribution in [2.24, 2.45) is 0 Å². The van der Waals surface area contributed by atoms with Gasteiger partial charge < -0.3 is 5.32 Å². The van der Waals surface area contributed by atoms with E-state index in [1.54, 1.807) is 22.7 Å². The molecule has 1 aliphatic rings. The van der Waals surface area contributed by atoms with Crippen molar-refractivity contribution in [1.82, 2.24) is 15.2 Å². The van der Waals surface area contributed by atoms with Crippen LogP contribution in [0.5, 0.6) is 0 Å². The predicted molar refractivity (Wildman–Crippen MR) is 73.7 cm³/mol. The molecule has 0 radical (unpaired) electrons. The SMILES string of the molecule is CN1CCNCC1c1csc(-c2cccs2)n1. The zero-order chi connectivity index (χ0) is 11.7. The van der Waals surface area contributed by atoms with Crippen LogP contribution in [0.25, 0.3) is 9.88 Å². The van der Waals surface area contributed by atoms with Crippen LogP contribution in [0.4, 0.5) is 0 Å². The fourth-order valence-corrected chi connectivity index (χ4v) is 3.77. The van der Waals surface area contributed by atoms with Gasteiger partial charge in [0.15, 0.2) is 0 Å². The average Bonchev–Trinajstić information content (AvgIpc) is 3.00. The van der Waals surface area contributed by atoms with Crippen molar-refractivity contribution in [3.63, 3.8) is 0 Å². The van der Waals surface area contributed by atoms with Gasteiger partial charge in [0, 0.05) is 25.0 Å². The summed E-state index contributed by atoms with van der Waals surface area (Å²) in [6.07, 6.45) is 0. The molecule has 0 bridgehead atoms. The Morgan fingerprint density at radius 3 is 3.18 bits per heavy atom. The van der Waals surface area contributed by atoms with Gasteiger partial charge in [0.25, 0.3) is 0 Å². The van der Waals surface area contributed by atoms with E-state index in [1.165, 1.54) is 10.6 Å². The van der Waals surface area contributed by atoms with Crippen LogP contribution in [0, 0.1) is 0 Å². The summed E-state index contributed by atoms with van der Waals surface area (Å²) in [5.74, 6) is 0. The Bertz CT molecular complexity index is 478. The number of hydrogen-bond donors (Lipinski definition) is 1. The molecule has 0 amide bonds. The number of thiophene rings is 1. The highest BCUT2D eigenvalue weighted by atomic mass is 32.1. The van der Waals surface area contributed by atoms with Gasteiger partial charge in [0.2, 0.25) is 0 Å². The van der Waals surface area contributed by atoms with Gasteiger partial charge in [-0.25, -0.2) is 4.98 Å². The van der Waals surface area contributed by atoms with Crippen molar-refractivity contribution in [3.8, 4) is 9.88 Å². The fourth-order valence-electron chi connectivity index (χ4n) is 2.09. The number of likely N-dealkylation sites (N-methyl/N-ethyl adjacent to an activating group) is 1. The molecule has 0 aromatic carbocycles. The van der Waals surface area contributed by atoms with Crippen molar-refractivity contribution in [1.29, 1.82) is 0 Å². The van der Waals surface area contributed by atoms with E-state index >= 15 is 0 Å². The van der Waals surface area contributed by atoms with Gasteiger partial charge >= 0.3 is 0 Å². The van der Waals surface area contributed by atoms with E-state index in [4.69, 9.17) is 4.98 Å². The molecule has 2 aromatic rings. The van der Waals surface area contributed by atoms with E-state index in [0.717, 1.165) is 24.6 Å². The smallest absolute Gasteiger partial charge is 0.133 e. The molecule has 5 heteroatoms. The van der Waals surface area contributed by atoms with Crippen LogP contribution in [0.15, 0.2) is 22.9 Å². The molecule has 1 atom stereocenters. The van der Waals surface area contributed by atoms with Gasteiger partial charge in [-0.05, 0) is 18.5 Å². The lowest BCUT2D eigenvalue weighted by Crippen LogP contribution is -2.43. The lowest BCUT2D eigenvalue weighted by atomic mass is 10.1. The second-order valence-corrected chi connectivity index (χ2v) is 6.06. The summed E-state index contributed by atoms with van der Waals surface area (Å²) < 4.78 is 0. The molecule has 3 rings (SSSR count). The maximum absolute atomic E-state index is 4.77. The van der Waals surface area contributed by atoms with Crippen molar-refractivity contribution < 1.29 is 0 Å². The van der Waals surface area contributed by atoms with E-state index in [-0.39, 0.29) is 0 Å². The van der Waals surface area contributed by atoms with E-state index in [2.05, 4.69) is 40.2 Å². The van der Waals surface area contributed by atoms with Crippen LogP contribution >= 0.6 is 22.7 Å². The Hall–Kier alpha value is -0.750. The Labute approximate surface area is 109 Å². The maximum atomic E-state index is 4.77. The van der Waals surface area contributed by atoms with Gasteiger partial charge in [-0.2, -0.15) is 0 Å². The third kappa shape index (κ3) is 2.28. The fraction of sp³-hybridized carbons (Fsp3) is 0.417. The molecule has 2 aromatic heterocycles. The second kappa shape index (κ2) is 4.86. The predicted octanol–water partition coefficient (Wildman–Crippen LogP) is 2.45. The molecule has 1 unspecified atom stereocenters. The number of hydrogen-bond acceptors (Lipinski definition) is 5. The van der Waals surface area contributed by atoms with E-state index in [0.29, 0.717) is 6.04 Å². The molecule has 3 nitrogen and oxygen atoms in total. The summed E-state index contributed by atoms with van der Waals surface area (Å²) in [6, 6.07) is 4.64. The number of rotatable bonds is 2. The first-order chi connectivity index (χ1) is 8.34. The third-order valence-electron chi connectivity index (χ3n) is 3.11. The Balaban J connectivity index is 1.84. The van der Waals surface area contributed by atoms with Gasteiger partial charge in [-0.1, -0.05) is 6.07 Å². The molecular formula is C12H15N3S2. The third-order valence-corrected chi connectivity index (χ3v) is 5.01. The van der Waals surface area contributed by atoms with E-state index < -0.39 is 0 Å². The molecule has 0 saturated carbocycles. The monoisotopic (exact) mass is 265 g/mol. The van der Waals surface area contributed by atoms with Crippen molar-refractivity contribution >= 4 is 22.7 Å². The molecule has 1 fully saturated rings. The van der Waals surface area contributed by atoms with Crippen LogP contribution in [0.2, 0.25) is 0 Å². The Morgan fingerprint density at radius 1 is 1.47 bits per heavy atom. The highest BCUT2D eigenvalue weighted by Gasteiger charge is 2.22. The molecule has 0 spiro atoms. The summed E-state index contributed by atoms with van der Waals surface area (Å²) in [7, 11) is 2.18. The number of thiazole rings is 1. The first-order valence-corrected chi connectivity index (χ1v) is 7.51. The topological polar surface area (TPSA) is 28.2 Å². The average molecular weight is 265 g/mol.